The van der Waals surface area contributed by atoms with Crippen molar-refractivity contribution in [2.45, 2.75) is 38.3 Å². The number of nitrogens with zero attached hydrogens (tertiary/aromatic N) is 1. The SMILES string of the molecule is COCCNCC(O)CN1CCCC1(C)C. The molecule has 1 fully saturated rings. The predicted molar refractivity (Wildman–Crippen MR) is 65.6 cm³/mol. The second kappa shape index (κ2) is 6.55. The molecule has 1 aliphatic heterocycles. The van der Waals surface area contributed by atoms with Gasteiger partial charge in [-0.2, -0.15) is 0 Å². The van der Waals surface area contributed by atoms with Gasteiger partial charge in [-0.3, -0.25) is 4.90 Å². The number of methoxy groups -OCH3 is 1. The molecule has 16 heavy (non-hydrogen) atoms. The van der Waals surface area contributed by atoms with E-state index in [1.54, 1.807) is 7.11 Å². The van der Waals surface area contributed by atoms with E-state index in [9.17, 15) is 5.11 Å². The molecule has 1 heterocycles. The third-order valence-corrected chi connectivity index (χ3v) is 3.37. The minimum Gasteiger partial charge on any atom is -0.390 e. The van der Waals surface area contributed by atoms with Gasteiger partial charge in [-0.25, -0.2) is 0 Å². The average molecular weight is 230 g/mol. The highest BCUT2D eigenvalue weighted by molar-refractivity contribution is 4.88. The van der Waals surface area contributed by atoms with Crippen molar-refractivity contribution < 1.29 is 9.84 Å². The summed E-state index contributed by atoms with van der Waals surface area (Å²) >= 11 is 0. The van der Waals surface area contributed by atoms with E-state index >= 15 is 0 Å². The number of ether oxygens (including phenoxy) is 1. The second-order valence-corrected chi connectivity index (χ2v) is 5.21. The maximum absolute atomic E-state index is 9.90. The first-order valence-corrected chi connectivity index (χ1v) is 6.19. The van der Waals surface area contributed by atoms with Crippen LogP contribution in [-0.2, 0) is 4.74 Å². The summed E-state index contributed by atoms with van der Waals surface area (Å²) < 4.78 is 4.94. The number of likely N-dealkylation sites (tertiary alicyclic amines) is 1. The summed E-state index contributed by atoms with van der Waals surface area (Å²) in [7, 11) is 1.69. The van der Waals surface area contributed by atoms with Crippen LogP contribution in [0.25, 0.3) is 0 Å². The van der Waals surface area contributed by atoms with Gasteiger partial charge in [0.05, 0.1) is 12.7 Å². The number of aliphatic hydroxyl groups is 1. The van der Waals surface area contributed by atoms with Gasteiger partial charge in [-0.15, -0.1) is 0 Å². The molecule has 2 N–H and O–H groups in total. The van der Waals surface area contributed by atoms with Crippen LogP contribution in [0.5, 0.6) is 0 Å². The maximum atomic E-state index is 9.90. The molecule has 4 nitrogen and oxygen atoms in total. The Morgan fingerprint density at radius 1 is 1.50 bits per heavy atom. The van der Waals surface area contributed by atoms with E-state index in [4.69, 9.17) is 4.74 Å². The topological polar surface area (TPSA) is 44.7 Å². The molecule has 0 aromatic rings. The fourth-order valence-electron chi connectivity index (χ4n) is 2.26. The summed E-state index contributed by atoms with van der Waals surface area (Å²) in [5, 5.41) is 13.1. The molecular weight excluding hydrogens is 204 g/mol. The lowest BCUT2D eigenvalue weighted by Crippen LogP contribution is -2.45. The van der Waals surface area contributed by atoms with E-state index in [-0.39, 0.29) is 11.6 Å². The van der Waals surface area contributed by atoms with Crippen LogP contribution in [-0.4, -0.2) is 61.5 Å². The standard InChI is InChI=1S/C12H26N2O2/c1-12(2)5-4-7-14(12)10-11(15)9-13-6-8-16-3/h11,13,15H,4-10H2,1-3H3. The fraction of sp³-hybridized carbons (Fsp3) is 1.00. The third-order valence-electron chi connectivity index (χ3n) is 3.37. The van der Waals surface area contributed by atoms with E-state index in [1.807, 2.05) is 0 Å². The molecule has 0 spiro atoms. The molecular formula is C12H26N2O2. The summed E-state index contributed by atoms with van der Waals surface area (Å²) in [6.45, 7) is 8.54. The molecule has 1 unspecified atom stereocenters. The van der Waals surface area contributed by atoms with E-state index in [2.05, 4.69) is 24.1 Å². The summed E-state index contributed by atoms with van der Waals surface area (Å²) in [5.41, 5.74) is 0.257. The molecule has 0 radical (unpaired) electrons. The van der Waals surface area contributed by atoms with Crippen molar-refractivity contribution in [3.8, 4) is 0 Å². The summed E-state index contributed by atoms with van der Waals surface area (Å²) in [6.07, 6.45) is 2.20. The molecule has 1 saturated heterocycles. The zero-order valence-corrected chi connectivity index (χ0v) is 10.8. The van der Waals surface area contributed by atoms with Gasteiger partial charge < -0.3 is 15.2 Å². The van der Waals surface area contributed by atoms with Gasteiger partial charge in [-0.05, 0) is 33.2 Å². The Labute approximate surface area is 99.0 Å². The van der Waals surface area contributed by atoms with E-state index in [1.165, 1.54) is 12.8 Å². The summed E-state index contributed by atoms with van der Waals surface area (Å²) in [5.74, 6) is 0. The van der Waals surface area contributed by atoms with Crippen molar-refractivity contribution >= 4 is 0 Å². The van der Waals surface area contributed by atoms with E-state index in [0.717, 1.165) is 19.6 Å². The largest absolute Gasteiger partial charge is 0.390 e. The van der Waals surface area contributed by atoms with Crippen LogP contribution in [0.1, 0.15) is 26.7 Å². The maximum Gasteiger partial charge on any atom is 0.0791 e. The highest BCUT2D eigenvalue weighted by Gasteiger charge is 2.32. The van der Waals surface area contributed by atoms with Crippen LogP contribution in [0.3, 0.4) is 0 Å². The van der Waals surface area contributed by atoms with Crippen molar-refractivity contribution in [1.29, 1.82) is 0 Å². The number of aliphatic hydroxyl groups excluding tert-OH is 1. The zero-order valence-electron chi connectivity index (χ0n) is 10.8. The lowest BCUT2D eigenvalue weighted by atomic mass is 10.0. The van der Waals surface area contributed by atoms with Crippen molar-refractivity contribution in [3.05, 3.63) is 0 Å². The zero-order chi connectivity index (χ0) is 12.0. The smallest absolute Gasteiger partial charge is 0.0791 e. The van der Waals surface area contributed by atoms with E-state index < -0.39 is 0 Å². The molecule has 1 rings (SSSR count). The molecule has 4 heteroatoms. The van der Waals surface area contributed by atoms with E-state index in [0.29, 0.717) is 13.2 Å². The molecule has 0 aromatic carbocycles. The number of β-amino-alcohol motifs (C(OH)–C–C–N with tert-alkyl or cyclic N) is 1. The lowest BCUT2D eigenvalue weighted by Gasteiger charge is -2.33. The van der Waals surface area contributed by atoms with Gasteiger partial charge in [0.25, 0.3) is 0 Å². The lowest BCUT2D eigenvalue weighted by molar-refractivity contribution is 0.0762. The number of hydrogen-bond donors (Lipinski definition) is 2. The molecule has 0 bridgehead atoms. The summed E-state index contributed by atoms with van der Waals surface area (Å²) in [4.78, 5) is 2.38. The minimum absolute atomic E-state index is 0.257. The monoisotopic (exact) mass is 230 g/mol. The first-order valence-electron chi connectivity index (χ1n) is 6.19. The Morgan fingerprint density at radius 2 is 2.25 bits per heavy atom. The normalized spacial score (nSPS) is 22.5. The van der Waals surface area contributed by atoms with Gasteiger partial charge in [0.2, 0.25) is 0 Å². The second-order valence-electron chi connectivity index (χ2n) is 5.21. The molecule has 0 amide bonds. The third kappa shape index (κ3) is 4.37. The number of hydrogen-bond acceptors (Lipinski definition) is 4. The molecule has 1 atom stereocenters. The van der Waals surface area contributed by atoms with Crippen LogP contribution in [0.15, 0.2) is 0 Å². The van der Waals surface area contributed by atoms with Crippen molar-refractivity contribution in [3.63, 3.8) is 0 Å². The van der Waals surface area contributed by atoms with Gasteiger partial charge in [0.1, 0.15) is 0 Å². The molecule has 0 saturated carbocycles. The van der Waals surface area contributed by atoms with Gasteiger partial charge in [0.15, 0.2) is 0 Å². The van der Waals surface area contributed by atoms with Crippen LogP contribution < -0.4 is 5.32 Å². The molecule has 1 aliphatic rings. The Bertz CT molecular complexity index is 197. The van der Waals surface area contributed by atoms with Crippen LogP contribution >= 0.6 is 0 Å². The predicted octanol–water partition coefficient (Wildman–Crippen LogP) is 0.458. The first kappa shape index (κ1) is 13.9. The highest BCUT2D eigenvalue weighted by Crippen LogP contribution is 2.27. The Morgan fingerprint density at radius 3 is 2.81 bits per heavy atom. The Balaban J connectivity index is 2.16. The molecule has 96 valence electrons. The fourth-order valence-corrected chi connectivity index (χ4v) is 2.26. The quantitative estimate of drug-likeness (QED) is 0.624. The molecule has 0 aromatic heterocycles. The van der Waals surface area contributed by atoms with Crippen LogP contribution in [0.4, 0.5) is 0 Å². The van der Waals surface area contributed by atoms with Crippen molar-refractivity contribution in [2.24, 2.45) is 0 Å². The Kier molecular flexibility index (Phi) is 5.69. The van der Waals surface area contributed by atoms with Crippen LogP contribution in [0, 0.1) is 0 Å². The highest BCUT2D eigenvalue weighted by atomic mass is 16.5. The van der Waals surface area contributed by atoms with Gasteiger partial charge in [-0.1, -0.05) is 0 Å². The number of nitrogens with one attached hydrogen (secondary N) is 1. The average Bonchev–Trinajstić information content (AvgIpc) is 2.53. The summed E-state index contributed by atoms with van der Waals surface area (Å²) in [6, 6.07) is 0. The van der Waals surface area contributed by atoms with Crippen molar-refractivity contribution in [1.82, 2.24) is 10.2 Å². The first-order chi connectivity index (χ1) is 7.56. The minimum atomic E-state index is -0.283. The van der Waals surface area contributed by atoms with Gasteiger partial charge in [0, 0.05) is 32.3 Å². The number of rotatable bonds is 7. The van der Waals surface area contributed by atoms with Gasteiger partial charge >= 0.3 is 0 Å². The molecule has 0 aliphatic carbocycles. The van der Waals surface area contributed by atoms with Crippen LogP contribution in [0.2, 0.25) is 0 Å². The Hall–Kier alpha value is -0.160. The van der Waals surface area contributed by atoms with Crippen molar-refractivity contribution in [2.75, 3.05) is 39.9 Å².